The standard InChI is InChI=1S/C27H30N4O2/c1-19-10-12-21(3)22(16-19)18-30-14-7-15-31(27(30)33)25-13-11-20(2)17-24(25)29-26(32)28-23-8-5-4-6-9-23/h4-6,8-13,16-17H,7,14-15,18H2,1-3H3,(H2,28,29,32). The molecule has 1 saturated heterocycles. The quantitative estimate of drug-likeness (QED) is 0.502. The maximum absolute atomic E-state index is 13.5. The molecule has 1 aliphatic rings. The van der Waals surface area contributed by atoms with Crippen LogP contribution in [0.1, 0.15) is 28.7 Å². The van der Waals surface area contributed by atoms with Crippen molar-refractivity contribution >= 4 is 29.1 Å². The summed E-state index contributed by atoms with van der Waals surface area (Å²) in [6, 6.07) is 21.0. The van der Waals surface area contributed by atoms with Gasteiger partial charge in [0, 0.05) is 25.3 Å². The molecule has 1 fully saturated rings. The SMILES string of the molecule is Cc1ccc(C)c(CN2CCCN(c3ccc(C)cc3NC(=O)Nc3ccccc3)C2=O)c1. The van der Waals surface area contributed by atoms with Crippen LogP contribution in [0.3, 0.4) is 0 Å². The van der Waals surface area contributed by atoms with Crippen LogP contribution in [-0.2, 0) is 6.54 Å². The van der Waals surface area contributed by atoms with Crippen molar-refractivity contribution in [3.8, 4) is 0 Å². The van der Waals surface area contributed by atoms with Gasteiger partial charge in [-0.15, -0.1) is 0 Å². The minimum Gasteiger partial charge on any atom is -0.320 e. The highest BCUT2D eigenvalue weighted by Gasteiger charge is 2.29. The largest absolute Gasteiger partial charge is 0.324 e. The van der Waals surface area contributed by atoms with Crippen molar-refractivity contribution in [3.63, 3.8) is 0 Å². The number of benzene rings is 3. The molecule has 3 aromatic rings. The first kappa shape index (κ1) is 22.4. The Bertz CT molecular complexity index is 1160. The number of nitrogens with one attached hydrogen (secondary N) is 2. The number of hydrogen-bond acceptors (Lipinski definition) is 2. The van der Waals surface area contributed by atoms with E-state index in [4.69, 9.17) is 0 Å². The lowest BCUT2D eigenvalue weighted by atomic mass is 10.0. The lowest BCUT2D eigenvalue weighted by Gasteiger charge is -2.37. The highest BCUT2D eigenvalue weighted by atomic mass is 16.2. The van der Waals surface area contributed by atoms with E-state index in [0.717, 1.165) is 17.5 Å². The van der Waals surface area contributed by atoms with Crippen molar-refractivity contribution in [1.29, 1.82) is 0 Å². The first-order valence-corrected chi connectivity index (χ1v) is 11.3. The lowest BCUT2D eigenvalue weighted by Crippen LogP contribution is -2.49. The molecule has 0 aromatic heterocycles. The zero-order chi connectivity index (χ0) is 23.4. The van der Waals surface area contributed by atoms with E-state index in [9.17, 15) is 9.59 Å². The van der Waals surface area contributed by atoms with Crippen LogP contribution in [-0.4, -0.2) is 30.1 Å². The van der Waals surface area contributed by atoms with Crippen molar-refractivity contribution in [2.75, 3.05) is 28.6 Å². The van der Waals surface area contributed by atoms with Crippen molar-refractivity contribution in [1.82, 2.24) is 4.90 Å². The molecule has 2 N–H and O–H groups in total. The van der Waals surface area contributed by atoms with Crippen molar-refractivity contribution in [2.45, 2.75) is 33.7 Å². The summed E-state index contributed by atoms with van der Waals surface area (Å²) in [5.74, 6) is 0. The zero-order valence-electron chi connectivity index (χ0n) is 19.4. The van der Waals surface area contributed by atoms with Crippen LogP contribution in [0.5, 0.6) is 0 Å². The first-order chi connectivity index (χ1) is 15.9. The Morgan fingerprint density at radius 2 is 1.61 bits per heavy atom. The molecule has 6 heteroatoms. The van der Waals surface area contributed by atoms with Crippen molar-refractivity contribution in [2.24, 2.45) is 0 Å². The van der Waals surface area contributed by atoms with Crippen LogP contribution in [0.4, 0.5) is 26.7 Å². The number of urea groups is 2. The maximum atomic E-state index is 13.5. The van der Waals surface area contributed by atoms with Gasteiger partial charge in [-0.25, -0.2) is 9.59 Å². The smallest absolute Gasteiger partial charge is 0.320 e. The van der Waals surface area contributed by atoms with Gasteiger partial charge in [0.25, 0.3) is 0 Å². The third-order valence-corrected chi connectivity index (χ3v) is 5.90. The number of carbonyl (C=O) groups is 2. The van der Waals surface area contributed by atoms with Gasteiger partial charge in [-0.05, 0) is 68.1 Å². The number of anilines is 3. The Morgan fingerprint density at radius 3 is 2.39 bits per heavy atom. The number of aryl methyl sites for hydroxylation is 3. The van der Waals surface area contributed by atoms with Gasteiger partial charge in [-0.1, -0.05) is 48.0 Å². The Kier molecular flexibility index (Phi) is 6.63. The molecule has 4 amide bonds. The minimum atomic E-state index is -0.343. The first-order valence-electron chi connectivity index (χ1n) is 11.3. The molecular weight excluding hydrogens is 412 g/mol. The Morgan fingerprint density at radius 1 is 0.879 bits per heavy atom. The minimum absolute atomic E-state index is 0.0440. The van der Waals surface area contributed by atoms with E-state index in [2.05, 4.69) is 42.7 Å². The maximum Gasteiger partial charge on any atom is 0.324 e. The molecule has 3 aromatic carbocycles. The van der Waals surface area contributed by atoms with Gasteiger partial charge in [0.2, 0.25) is 0 Å². The molecule has 33 heavy (non-hydrogen) atoms. The molecule has 0 saturated carbocycles. The molecule has 170 valence electrons. The van der Waals surface area contributed by atoms with E-state index < -0.39 is 0 Å². The van der Waals surface area contributed by atoms with E-state index in [-0.39, 0.29) is 12.1 Å². The summed E-state index contributed by atoms with van der Waals surface area (Å²) in [5.41, 5.74) is 6.56. The molecule has 0 unspecified atom stereocenters. The predicted octanol–water partition coefficient (Wildman–Crippen LogP) is 6.09. The number of nitrogens with zero attached hydrogens (tertiary/aromatic N) is 2. The molecule has 0 spiro atoms. The average molecular weight is 443 g/mol. The molecule has 1 heterocycles. The summed E-state index contributed by atoms with van der Waals surface area (Å²) in [6.45, 7) is 8.01. The number of carbonyl (C=O) groups excluding carboxylic acids is 2. The van der Waals surface area contributed by atoms with Crippen molar-refractivity contribution < 1.29 is 9.59 Å². The molecule has 6 nitrogen and oxygen atoms in total. The normalized spacial score (nSPS) is 13.7. The Hall–Kier alpha value is -3.80. The summed E-state index contributed by atoms with van der Waals surface area (Å²) in [4.78, 5) is 29.8. The third kappa shape index (κ3) is 5.34. The van der Waals surface area contributed by atoms with Crippen LogP contribution in [0.25, 0.3) is 0 Å². The van der Waals surface area contributed by atoms with E-state index in [0.29, 0.717) is 36.7 Å². The van der Waals surface area contributed by atoms with E-state index >= 15 is 0 Å². The van der Waals surface area contributed by atoms with Gasteiger partial charge >= 0.3 is 12.1 Å². The van der Waals surface area contributed by atoms with Gasteiger partial charge in [0.1, 0.15) is 0 Å². The molecule has 0 bridgehead atoms. The second kappa shape index (κ2) is 9.77. The number of rotatable bonds is 5. The Balaban J connectivity index is 1.54. The molecule has 0 aliphatic carbocycles. The summed E-state index contributed by atoms with van der Waals surface area (Å²) in [6.07, 6.45) is 0.861. The van der Waals surface area contributed by atoms with Crippen molar-refractivity contribution in [3.05, 3.63) is 89.0 Å². The van der Waals surface area contributed by atoms with Crippen LogP contribution in [0, 0.1) is 20.8 Å². The monoisotopic (exact) mass is 442 g/mol. The van der Waals surface area contributed by atoms with Crippen LogP contribution >= 0.6 is 0 Å². The molecule has 0 radical (unpaired) electrons. The predicted molar refractivity (Wildman–Crippen MR) is 134 cm³/mol. The third-order valence-electron chi connectivity index (χ3n) is 5.90. The zero-order valence-corrected chi connectivity index (χ0v) is 19.4. The number of hydrogen-bond donors (Lipinski definition) is 2. The lowest BCUT2D eigenvalue weighted by molar-refractivity contribution is 0.192. The van der Waals surface area contributed by atoms with E-state index in [1.807, 2.05) is 60.4 Å². The second-order valence-corrected chi connectivity index (χ2v) is 8.61. The molecule has 1 aliphatic heterocycles. The van der Waals surface area contributed by atoms with E-state index in [1.54, 1.807) is 4.90 Å². The van der Waals surface area contributed by atoms with Gasteiger partial charge in [-0.2, -0.15) is 0 Å². The van der Waals surface area contributed by atoms with Gasteiger partial charge in [-0.3, -0.25) is 4.90 Å². The van der Waals surface area contributed by atoms with Crippen LogP contribution in [0.2, 0.25) is 0 Å². The topological polar surface area (TPSA) is 64.7 Å². The highest BCUT2D eigenvalue weighted by molar-refractivity contribution is 6.04. The van der Waals surface area contributed by atoms with Crippen LogP contribution < -0.4 is 15.5 Å². The number of para-hydroxylation sites is 1. The highest BCUT2D eigenvalue weighted by Crippen LogP contribution is 2.31. The summed E-state index contributed by atoms with van der Waals surface area (Å²) in [7, 11) is 0. The van der Waals surface area contributed by atoms with Gasteiger partial charge in [0.05, 0.1) is 11.4 Å². The fourth-order valence-corrected chi connectivity index (χ4v) is 4.12. The summed E-state index contributed by atoms with van der Waals surface area (Å²) < 4.78 is 0. The Labute approximate surface area is 195 Å². The molecule has 4 rings (SSSR count). The fourth-order valence-electron chi connectivity index (χ4n) is 4.12. The average Bonchev–Trinajstić information content (AvgIpc) is 2.79. The summed E-state index contributed by atoms with van der Waals surface area (Å²) in [5, 5.41) is 5.78. The molecule has 0 atom stereocenters. The number of amides is 4. The van der Waals surface area contributed by atoms with Gasteiger partial charge in [0.15, 0.2) is 0 Å². The summed E-state index contributed by atoms with van der Waals surface area (Å²) >= 11 is 0. The van der Waals surface area contributed by atoms with Crippen LogP contribution in [0.15, 0.2) is 66.7 Å². The van der Waals surface area contributed by atoms with Gasteiger partial charge < -0.3 is 15.5 Å². The van der Waals surface area contributed by atoms with E-state index in [1.165, 1.54) is 11.1 Å². The fraction of sp³-hybridized carbons (Fsp3) is 0.259. The molecular formula is C27H30N4O2. The second-order valence-electron chi connectivity index (χ2n) is 8.61.